The summed E-state index contributed by atoms with van der Waals surface area (Å²) in [4.78, 5) is 13.6. The monoisotopic (exact) mass is 225 g/mol. The predicted octanol–water partition coefficient (Wildman–Crippen LogP) is 2.11. The predicted molar refractivity (Wildman–Crippen MR) is 58.3 cm³/mol. The Morgan fingerprint density at radius 2 is 2.27 bits per heavy atom. The molecule has 2 rings (SSSR count). The van der Waals surface area contributed by atoms with E-state index in [2.05, 4.69) is 0 Å². The molecule has 0 fully saturated rings. The van der Waals surface area contributed by atoms with Gasteiger partial charge in [-0.15, -0.1) is 11.6 Å². The van der Waals surface area contributed by atoms with Gasteiger partial charge in [0.05, 0.1) is 5.56 Å². The Morgan fingerprint density at radius 3 is 3.00 bits per heavy atom. The minimum absolute atomic E-state index is 0.00692. The SMILES string of the molecule is CC(CCl)N1COc2ccccc2C1=O. The van der Waals surface area contributed by atoms with Crippen LogP contribution in [-0.4, -0.2) is 29.5 Å². The first-order valence-corrected chi connectivity index (χ1v) is 5.36. The molecule has 1 amide bonds. The summed E-state index contributed by atoms with van der Waals surface area (Å²) < 4.78 is 5.48. The van der Waals surface area contributed by atoms with Crippen LogP contribution in [0, 0.1) is 0 Å². The minimum atomic E-state index is -0.00926. The van der Waals surface area contributed by atoms with Gasteiger partial charge in [0.1, 0.15) is 5.75 Å². The lowest BCUT2D eigenvalue weighted by Gasteiger charge is -2.32. The van der Waals surface area contributed by atoms with E-state index in [1.54, 1.807) is 17.0 Å². The zero-order chi connectivity index (χ0) is 10.8. The van der Waals surface area contributed by atoms with E-state index >= 15 is 0 Å². The Labute approximate surface area is 93.6 Å². The van der Waals surface area contributed by atoms with E-state index in [1.165, 1.54) is 0 Å². The lowest BCUT2D eigenvalue weighted by Crippen LogP contribution is -2.45. The molecule has 0 saturated heterocycles. The number of hydrogen-bond acceptors (Lipinski definition) is 2. The van der Waals surface area contributed by atoms with Gasteiger partial charge in [-0.1, -0.05) is 12.1 Å². The Kier molecular flexibility index (Phi) is 2.82. The Balaban J connectivity index is 2.30. The lowest BCUT2D eigenvalue weighted by molar-refractivity contribution is 0.0436. The van der Waals surface area contributed by atoms with Crippen molar-refractivity contribution in [1.82, 2.24) is 4.90 Å². The number of amides is 1. The molecule has 0 N–H and O–H groups in total. The summed E-state index contributed by atoms with van der Waals surface area (Å²) in [6.07, 6.45) is 0. The lowest BCUT2D eigenvalue weighted by atomic mass is 10.1. The number of hydrogen-bond donors (Lipinski definition) is 0. The highest BCUT2D eigenvalue weighted by Crippen LogP contribution is 2.25. The molecule has 0 bridgehead atoms. The summed E-state index contributed by atoms with van der Waals surface area (Å²) in [5.41, 5.74) is 0.612. The number of fused-ring (bicyclic) bond motifs is 1. The van der Waals surface area contributed by atoms with Crippen molar-refractivity contribution in [3.8, 4) is 5.75 Å². The fourth-order valence-corrected chi connectivity index (χ4v) is 1.70. The van der Waals surface area contributed by atoms with E-state index < -0.39 is 0 Å². The van der Waals surface area contributed by atoms with Gasteiger partial charge in [-0.05, 0) is 19.1 Å². The molecule has 1 aromatic carbocycles. The third-order valence-electron chi connectivity index (χ3n) is 2.49. The molecule has 1 unspecified atom stereocenters. The van der Waals surface area contributed by atoms with Gasteiger partial charge < -0.3 is 9.64 Å². The molecule has 80 valence electrons. The first-order valence-electron chi connectivity index (χ1n) is 4.83. The van der Waals surface area contributed by atoms with Gasteiger partial charge in [0.2, 0.25) is 0 Å². The van der Waals surface area contributed by atoms with Crippen molar-refractivity contribution >= 4 is 17.5 Å². The molecule has 1 aliphatic rings. The summed E-state index contributed by atoms with van der Waals surface area (Å²) in [6, 6.07) is 7.25. The van der Waals surface area contributed by atoms with Crippen molar-refractivity contribution in [1.29, 1.82) is 0 Å². The van der Waals surface area contributed by atoms with Crippen LogP contribution in [0.15, 0.2) is 24.3 Å². The largest absolute Gasteiger partial charge is 0.472 e. The van der Waals surface area contributed by atoms with Crippen molar-refractivity contribution in [3.05, 3.63) is 29.8 Å². The number of carbonyl (C=O) groups is 1. The van der Waals surface area contributed by atoms with E-state index in [9.17, 15) is 4.79 Å². The van der Waals surface area contributed by atoms with Crippen molar-refractivity contribution in [2.45, 2.75) is 13.0 Å². The molecule has 0 aliphatic carbocycles. The smallest absolute Gasteiger partial charge is 0.260 e. The average molecular weight is 226 g/mol. The summed E-state index contributed by atoms with van der Waals surface area (Å²) >= 11 is 5.73. The first-order chi connectivity index (χ1) is 7.24. The number of benzene rings is 1. The zero-order valence-corrected chi connectivity index (χ0v) is 9.20. The standard InChI is InChI=1S/C11H12ClNO2/c1-8(6-12)13-7-15-10-5-3-2-4-9(10)11(13)14/h2-5,8H,6-7H2,1H3. The number of alkyl halides is 1. The quantitative estimate of drug-likeness (QED) is 0.722. The maximum atomic E-state index is 12.0. The number of ether oxygens (including phenoxy) is 1. The van der Waals surface area contributed by atoms with Crippen molar-refractivity contribution in [2.24, 2.45) is 0 Å². The van der Waals surface area contributed by atoms with Crippen LogP contribution in [0.5, 0.6) is 5.75 Å². The topological polar surface area (TPSA) is 29.5 Å². The Bertz CT molecular complexity index is 381. The van der Waals surface area contributed by atoms with E-state index in [4.69, 9.17) is 16.3 Å². The van der Waals surface area contributed by atoms with Gasteiger partial charge >= 0.3 is 0 Å². The van der Waals surface area contributed by atoms with E-state index in [-0.39, 0.29) is 18.7 Å². The third-order valence-corrected chi connectivity index (χ3v) is 2.94. The van der Waals surface area contributed by atoms with E-state index in [0.717, 1.165) is 0 Å². The molecular formula is C11H12ClNO2. The molecule has 1 heterocycles. The van der Waals surface area contributed by atoms with Gasteiger partial charge in [0, 0.05) is 11.9 Å². The van der Waals surface area contributed by atoms with Gasteiger partial charge in [-0.3, -0.25) is 4.79 Å². The van der Waals surface area contributed by atoms with Crippen LogP contribution in [0.3, 0.4) is 0 Å². The van der Waals surface area contributed by atoms with Gasteiger partial charge in [-0.2, -0.15) is 0 Å². The second-order valence-electron chi connectivity index (χ2n) is 3.55. The maximum absolute atomic E-state index is 12.0. The van der Waals surface area contributed by atoms with Crippen LogP contribution in [0.4, 0.5) is 0 Å². The molecule has 1 aliphatic heterocycles. The molecule has 4 heteroatoms. The number of para-hydroxylation sites is 1. The molecule has 0 saturated carbocycles. The summed E-state index contributed by atoms with van der Waals surface area (Å²) in [6.45, 7) is 2.19. The fourth-order valence-electron chi connectivity index (χ4n) is 1.53. The van der Waals surface area contributed by atoms with Crippen LogP contribution >= 0.6 is 11.6 Å². The van der Waals surface area contributed by atoms with Crippen molar-refractivity contribution < 1.29 is 9.53 Å². The van der Waals surface area contributed by atoms with Crippen LogP contribution in [0.25, 0.3) is 0 Å². The average Bonchev–Trinajstić information content (AvgIpc) is 2.29. The molecule has 0 radical (unpaired) electrons. The number of halogens is 1. The second-order valence-corrected chi connectivity index (χ2v) is 3.86. The van der Waals surface area contributed by atoms with Crippen LogP contribution in [0.2, 0.25) is 0 Å². The van der Waals surface area contributed by atoms with Crippen molar-refractivity contribution in [3.63, 3.8) is 0 Å². The van der Waals surface area contributed by atoms with E-state index in [1.807, 2.05) is 19.1 Å². The third kappa shape index (κ3) is 1.79. The first kappa shape index (κ1) is 10.3. The number of rotatable bonds is 2. The molecule has 1 atom stereocenters. The van der Waals surface area contributed by atoms with Crippen LogP contribution in [-0.2, 0) is 0 Å². The van der Waals surface area contributed by atoms with Crippen LogP contribution in [0.1, 0.15) is 17.3 Å². The highest BCUT2D eigenvalue weighted by atomic mass is 35.5. The molecule has 1 aromatic rings. The Morgan fingerprint density at radius 1 is 1.53 bits per heavy atom. The molecular weight excluding hydrogens is 214 g/mol. The van der Waals surface area contributed by atoms with Crippen molar-refractivity contribution in [2.75, 3.05) is 12.6 Å². The minimum Gasteiger partial charge on any atom is -0.472 e. The normalized spacial score (nSPS) is 16.9. The highest BCUT2D eigenvalue weighted by Gasteiger charge is 2.28. The second kappa shape index (κ2) is 4.11. The van der Waals surface area contributed by atoms with Gasteiger partial charge in [0.25, 0.3) is 5.91 Å². The summed E-state index contributed by atoms with van der Waals surface area (Å²) in [5, 5.41) is 0. The zero-order valence-electron chi connectivity index (χ0n) is 8.44. The maximum Gasteiger partial charge on any atom is 0.260 e. The highest BCUT2D eigenvalue weighted by molar-refractivity contribution is 6.18. The molecule has 15 heavy (non-hydrogen) atoms. The molecule has 0 aromatic heterocycles. The van der Waals surface area contributed by atoms with Gasteiger partial charge in [-0.25, -0.2) is 0 Å². The van der Waals surface area contributed by atoms with E-state index in [0.29, 0.717) is 17.2 Å². The molecule has 0 spiro atoms. The Hall–Kier alpha value is -1.22. The number of nitrogens with zero attached hydrogens (tertiary/aromatic N) is 1. The number of carbonyl (C=O) groups excluding carboxylic acids is 1. The fraction of sp³-hybridized carbons (Fsp3) is 0.364. The summed E-state index contributed by atoms with van der Waals surface area (Å²) in [7, 11) is 0. The molecule has 3 nitrogen and oxygen atoms in total. The van der Waals surface area contributed by atoms with Crippen LogP contribution < -0.4 is 4.74 Å². The van der Waals surface area contributed by atoms with Gasteiger partial charge in [0.15, 0.2) is 6.73 Å². The summed E-state index contributed by atoms with van der Waals surface area (Å²) in [5.74, 6) is 1.06.